The maximum atomic E-state index is 11.7. The van der Waals surface area contributed by atoms with Gasteiger partial charge in [0.05, 0.1) is 6.20 Å². The first kappa shape index (κ1) is 22.1. The van der Waals surface area contributed by atoms with Gasteiger partial charge in [0.2, 0.25) is 0 Å². The zero-order valence-electron chi connectivity index (χ0n) is 16.6. The summed E-state index contributed by atoms with van der Waals surface area (Å²) in [5, 5.41) is 1.97. The van der Waals surface area contributed by atoms with E-state index in [9.17, 15) is 14.4 Å². The second-order valence-corrected chi connectivity index (χ2v) is 8.58. The summed E-state index contributed by atoms with van der Waals surface area (Å²) in [6.45, 7) is 3.75. The number of pyridine rings is 1. The monoisotopic (exact) mass is 451 g/mol. The van der Waals surface area contributed by atoms with Crippen LogP contribution < -0.4 is 4.74 Å². The van der Waals surface area contributed by atoms with Gasteiger partial charge in [0.15, 0.2) is 23.7 Å². The van der Waals surface area contributed by atoms with Gasteiger partial charge in [0.1, 0.15) is 5.75 Å². The molecule has 3 heterocycles. The van der Waals surface area contributed by atoms with Crippen LogP contribution in [0.4, 0.5) is 0 Å². The van der Waals surface area contributed by atoms with Crippen LogP contribution in [-0.4, -0.2) is 52.4 Å². The van der Waals surface area contributed by atoms with E-state index in [1.165, 1.54) is 32.5 Å². The molecule has 8 nitrogen and oxygen atoms in total. The third-order valence-corrected chi connectivity index (χ3v) is 6.21. The highest BCUT2D eigenvalue weighted by Crippen LogP contribution is 2.35. The lowest BCUT2D eigenvalue weighted by Crippen LogP contribution is -2.55. The number of esters is 3. The van der Waals surface area contributed by atoms with Crippen LogP contribution in [0.1, 0.15) is 20.8 Å². The van der Waals surface area contributed by atoms with Crippen LogP contribution in [0.25, 0.3) is 10.4 Å². The molecule has 0 aromatic carbocycles. The molecule has 1 fully saturated rings. The highest BCUT2D eigenvalue weighted by Gasteiger charge is 2.47. The van der Waals surface area contributed by atoms with Crippen molar-refractivity contribution in [1.82, 2.24) is 4.98 Å². The minimum absolute atomic E-state index is 0.304. The average molecular weight is 452 g/mol. The van der Waals surface area contributed by atoms with Gasteiger partial charge in [-0.3, -0.25) is 19.4 Å². The lowest BCUT2D eigenvalue weighted by molar-refractivity contribution is -0.186. The summed E-state index contributed by atoms with van der Waals surface area (Å²) in [5.41, 5.74) is 0.201. The highest BCUT2D eigenvalue weighted by atomic mass is 32.2. The number of rotatable bonds is 6. The van der Waals surface area contributed by atoms with Crippen molar-refractivity contribution in [3.05, 3.63) is 36.0 Å². The number of thiophene rings is 1. The lowest BCUT2D eigenvalue weighted by Gasteiger charge is -2.39. The molecule has 1 aliphatic rings. The second-order valence-electron chi connectivity index (χ2n) is 6.50. The molecule has 160 valence electrons. The fraction of sp³-hybridized carbons (Fsp3) is 0.400. The number of nitrogens with zero attached hydrogens (tertiary/aromatic N) is 1. The maximum Gasteiger partial charge on any atom is 0.303 e. The molecule has 0 amide bonds. The molecule has 0 spiro atoms. The van der Waals surface area contributed by atoms with E-state index in [2.05, 4.69) is 4.98 Å². The van der Waals surface area contributed by atoms with E-state index in [0.717, 1.165) is 10.4 Å². The van der Waals surface area contributed by atoms with Crippen molar-refractivity contribution in [1.29, 1.82) is 0 Å². The van der Waals surface area contributed by atoms with E-state index < -0.39 is 41.7 Å². The molecule has 0 radical (unpaired) electrons. The van der Waals surface area contributed by atoms with Crippen molar-refractivity contribution in [3.63, 3.8) is 0 Å². The molecule has 1 aliphatic heterocycles. The Bertz CT molecular complexity index is 902. The Hall–Kier alpha value is -2.59. The van der Waals surface area contributed by atoms with Crippen molar-refractivity contribution in [2.75, 3.05) is 5.75 Å². The number of ether oxygens (including phenoxy) is 4. The van der Waals surface area contributed by atoms with E-state index >= 15 is 0 Å². The Morgan fingerprint density at radius 1 is 1.00 bits per heavy atom. The molecule has 2 aromatic rings. The Balaban J connectivity index is 1.85. The summed E-state index contributed by atoms with van der Waals surface area (Å²) < 4.78 is 22.2. The van der Waals surface area contributed by atoms with E-state index in [1.54, 1.807) is 23.7 Å². The summed E-state index contributed by atoms with van der Waals surface area (Å²) in [6.07, 6.45) is 0.557. The van der Waals surface area contributed by atoms with Crippen LogP contribution in [0.2, 0.25) is 0 Å². The molecule has 0 aliphatic carbocycles. The number of carbonyl (C=O) groups is 3. The van der Waals surface area contributed by atoms with Crippen LogP contribution in [0.5, 0.6) is 5.75 Å². The molecule has 10 heteroatoms. The summed E-state index contributed by atoms with van der Waals surface area (Å²) >= 11 is 2.88. The smallest absolute Gasteiger partial charge is 0.303 e. The van der Waals surface area contributed by atoms with Gasteiger partial charge in [-0.05, 0) is 17.5 Å². The minimum atomic E-state index is -0.991. The second kappa shape index (κ2) is 9.94. The van der Waals surface area contributed by atoms with Crippen molar-refractivity contribution in [2.24, 2.45) is 0 Å². The van der Waals surface area contributed by atoms with E-state index in [1.807, 2.05) is 23.6 Å². The minimum Gasteiger partial charge on any atom is -0.474 e. The molecule has 30 heavy (non-hydrogen) atoms. The molecular weight excluding hydrogens is 430 g/mol. The molecule has 0 unspecified atom stereocenters. The summed E-state index contributed by atoms with van der Waals surface area (Å²) in [7, 11) is 0. The van der Waals surface area contributed by atoms with Gasteiger partial charge in [-0.2, -0.15) is 0 Å². The van der Waals surface area contributed by atoms with Crippen LogP contribution in [-0.2, 0) is 28.6 Å². The molecular formula is C20H21NO7S2. The molecule has 0 bridgehead atoms. The molecule has 0 saturated carbocycles. The van der Waals surface area contributed by atoms with Gasteiger partial charge >= 0.3 is 17.9 Å². The SMILES string of the molecule is CC(=O)O[C@@H]1[C@@H](OC(C)=O)[C@H](OC(C)=O)CS[C@H]1Oc1cncc(-c2cccs2)c1. The number of aromatic nitrogens is 1. The number of hydrogen-bond donors (Lipinski definition) is 0. The van der Waals surface area contributed by atoms with Crippen LogP contribution in [0.15, 0.2) is 36.0 Å². The van der Waals surface area contributed by atoms with Gasteiger partial charge in [-0.15, -0.1) is 23.1 Å². The summed E-state index contributed by atoms with van der Waals surface area (Å²) in [5.74, 6) is -0.894. The fourth-order valence-electron chi connectivity index (χ4n) is 3.00. The average Bonchev–Trinajstić information content (AvgIpc) is 3.20. The van der Waals surface area contributed by atoms with Gasteiger partial charge in [0, 0.05) is 43.2 Å². The lowest BCUT2D eigenvalue weighted by atomic mass is 10.1. The van der Waals surface area contributed by atoms with E-state index in [4.69, 9.17) is 18.9 Å². The third kappa shape index (κ3) is 5.73. The Labute approximate surface area is 181 Å². The van der Waals surface area contributed by atoms with Crippen LogP contribution >= 0.6 is 23.1 Å². The molecule has 2 aromatic heterocycles. The predicted molar refractivity (Wildman–Crippen MR) is 111 cm³/mol. The molecule has 4 atom stereocenters. The highest BCUT2D eigenvalue weighted by molar-refractivity contribution is 7.99. The quantitative estimate of drug-likeness (QED) is 0.484. The Kier molecular flexibility index (Phi) is 7.33. The number of carbonyl (C=O) groups excluding carboxylic acids is 3. The standard InChI is InChI=1S/C20H21NO7S2/c1-11(22)25-16-10-30-20(19(27-13(3)24)18(16)26-12(2)23)28-15-7-14(8-21-9-15)17-5-4-6-29-17/h4-9,16,18-20H,10H2,1-3H3/t16-,18+,19-,20-/m1/s1. The van der Waals surface area contributed by atoms with Crippen LogP contribution in [0, 0.1) is 0 Å². The third-order valence-electron chi connectivity index (χ3n) is 4.08. The number of hydrogen-bond acceptors (Lipinski definition) is 10. The zero-order valence-corrected chi connectivity index (χ0v) is 18.2. The van der Waals surface area contributed by atoms with Gasteiger partial charge < -0.3 is 18.9 Å². The van der Waals surface area contributed by atoms with Crippen LogP contribution in [0.3, 0.4) is 0 Å². The first-order valence-electron chi connectivity index (χ1n) is 9.12. The molecule has 3 rings (SSSR count). The zero-order chi connectivity index (χ0) is 21.7. The summed E-state index contributed by atoms with van der Waals surface area (Å²) in [4.78, 5) is 40.1. The maximum absolute atomic E-state index is 11.7. The fourth-order valence-corrected chi connectivity index (χ4v) is 4.93. The van der Waals surface area contributed by atoms with Gasteiger partial charge in [0.25, 0.3) is 0 Å². The largest absolute Gasteiger partial charge is 0.474 e. The predicted octanol–water partition coefficient (Wildman–Crippen LogP) is 3.06. The van der Waals surface area contributed by atoms with Gasteiger partial charge in [-0.25, -0.2) is 0 Å². The first-order chi connectivity index (χ1) is 14.3. The van der Waals surface area contributed by atoms with E-state index in [-0.39, 0.29) is 0 Å². The van der Waals surface area contributed by atoms with Crippen molar-refractivity contribution < 1.29 is 33.3 Å². The molecule has 0 N–H and O–H groups in total. The molecule has 1 saturated heterocycles. The van der Waals surface area contributed by atoms with Crippen molar-refractivity contribution >= 4 is 41.0 Å². The van der Waals surface area contributed by atoms with E-state index in [0.29, 0.717) is 11.5 Å². The Morgan fingerprint density at radius 2 is 1.70 bits per heavy atom. The normalized spacial score (nSPS) is 23.3. The van der Waals surface area contributed by atoms with Gasteiger partial charge in [-0.1, -0.05) is 6.07 Å². The topological polar surface area (TPSA) is 101 Å². The van der Waals surface area contributed by atoms with Crippen molar-refractivity contribution in [2.45, 2.75) is 44.5 Å². The summed E-state index contributed by atoms with van der Waals surface area (Å²) in [6, 6.07) is 5.76. The number of thioether (sulfide) groups is 1. The van der Waals surface area contributed by atoms with Crippen molar-refractivity contribution in [3.8, 4) is 16.2 Å². The Morgan fingerprint density at radius 3 is 2.33 bits per heavy atom. The first-order valence-corrected chi connectivity index (χ1v) is 11.0.